The van der Waals surface area contributed by atoms with Gasteiger partial charge in [0.25, 0.3) is 0 Å². The Morgan fingerprint density at radius 3 is 3.06 bits per heavy atom. The third kappa shape index (κ3) is 3.21. The predicted octanol–water partition coefficient (Wildman–Crippen LogP) is 3.07. The highest BCUT2D eigenvalue weighted by atomic mass is 19.1. The lowest BCUT2D eigenvalue weighted by Crippen LogP contribution is -2.22. The number of nitrogens with zero attached hydrogens (tertiary/aromatic N) is 1. The van der Waals surface area contributed by atoms with Crippen LogP contribution < -0.4 is 5.32 Å². The van der Waals surface area contributed by atoms with Gasteiger partial charge in [-0.2, -0.15) is 5.26 Å². The van der Waals surface area contributed by atoms with Gasteiger partial charge in [-0.3, -0.25) is 0 Å². The topological polar surface area (TPSA) is 45.0 Å². The van der Waals surface area contributed by atoms with Crippen LogP contribution in [0.1, 0.15) is 31.2 Å². The molecule has 1 aromatic carbocycles. The van der Waals surface area contributed by atoms with E-state index in [1.54, 1.807) is 12.1 Å². The van der Waals surface area contributed by atoms with Crippen LogP contribution in [0.15, 0.2) is 18.2 Å². The second-order valence-corrected chi connectivity index (χ2v) is 4.48. The summed E-state index contributed by atoms with van der Waals surface area (Å²) in [5, 5.41) is 12.0. The van der Waals surface area contributed by atoms with Crippen LogP contribution in [-0.4, -0.2) is 19.3 Å². The molecule has 0 spiro atoms. The zero-order chi connectivity index (χ0) is 12.8. The molecule has 0 bridgehead atoms. The van der Waals surface area contributed by atoms with Gasteiger partial charge in [0, 0.05) is 13.2 Å². The van der Waals surface area contributed by atoms with Gasteiger partial charge in [0.1, 0.15) is 17.4 Å². The Labute approximate surface area is 107 Å². The Bertz CT molecular complexity index is 436. The van der Waals surface area contributed by atoms with Gasteiger partial charge in [-0.15, -0.1) is 0 Å². The maximum absolute atomic E-state index is 13.3. The predicted molar refractivity (Wildman–Crippen MR) is 67.8 cm³/mol. The van der Waals surface area contributed by atoms with Gasteiger partial charge in [0.05, 0.1) is 11.8 Å². The van der Waals surface area contributed by atoms with Gasteiger partial charge in [-0.25, -0.2) is 4.39 Å². The molecule has 1 aliphatic rings. The molecular weight excluding hydrogens is 231 g/mol. The van der Waals surface area contributed by atoms with Crippen molar-refractivity contribution in [1.82, 2.24) is 0 Å². The Hall–Kier alpha value is -1.60. The fraction of sp³-hybridized carbons (Fsp3) is 0.500. The number of halogens is 1. The molecule has 2 rings (SSSR count). The normalized spacial score (nSPS) is 19.2. The lowest BCUT2D eigenvalue weighted by Gasteiger charge is -2.22. The number of rotatable bonds is 4. The van der Waals surface area contributed by atoms with Gasteiger partial charge >= 0.3 is 0 Å². The van der Waals surface area contributed by atoms with E-state index >= 15 is 0 Å². The zero-order valence-electron chi connectivity index (χ0n) is 10.3. The van der Waals surface area contributed by atoms with E-state index in [0.717, 1.165) is 25.9 Å². The molecule has 0 radical (unpaired) electrons. The van der Waals surface area contributed by atoms with Crippen LogP contribution in [0.5, 0.6) is 0 Å². The SMILES string of the molecule is N#Cc1c(F)cccc1NCCC1CCCCO1. The van der Waals surface area contributed by atoms with Crippen LogP contribution in [0.3, 0.4) is 0 Å². The summed E-state index contributed by atoms with van der Waals surface area (Å²) in [7, 11) is 0. The maximum atomic E-state index is 13.3. The molecule has 0 saturated carbocycles. The molecule has 0 aromatic heterocycles. The molecule has 18 heavy (non-hydrogen) atoms. The molecule has 1 atom stereocenters. The lowest BCUT2D eigenvalue weighted by atomic mass is 10.1. The average molecular weight is 248 g/mol. The lowest BCUT2D eigenvalue weighted by molar-refractivity contribution is 0.0134. The summed E-state index contributed by atoms with van der Waals surface area (Å²) in [5.74, 6) is -0.476. The van der Waals surface area contributed by atoms with Gasteiger partial charge in [-0.1, -0.05) is 6.07 Å². The maximum Gasteiger partial charge on any atom is 0.143 e. The van der Waals surface area contributed by atoms with Crippen molar-refractivity contribution in [2.24, 2.45) is 0 Å². The number of hydrogen-bond donors (Lipinski definition) is 1. The number of anilines is 1. The molecule has 0 aliphatic carbocycles. The Morgan fingerprint density at radius 1 is 1.44 bits per heavy atom. The summed E-state index contributed by atoms with van der Waals surface area (Å²) < 4.78 is 19.0. The first-order chi connectivity index (χ1) is 8.81. The van der Waals surface area contributed by atoms with Crippen LogP contribution in [0.2, 0.25) is 0 Å². The van der Waals surface area contributed by atoms with E-state index in [-0.39, 0.29) is 5.56 Å². The Balaban J connectivity index is 1.86. The Morgan fingerprint density at radius 2 is 2.33 bits per heavy atom. The van der Waals surface area contributed by atoms with Crippen LogP contribution in [-0.2, 0) is 4.74 Å². The molecule has 1 aliphatic heterocycles. The molecule has 1 saturated heterocycles. The molecule has 1 heterocycles. The summed E-state index contributed by atoms with van der Waals surface area (Å²) in [6, 6.07) is 6.52. The van der Waals surface area contributed by atoms with Crippen molar-refractivity contribution in [3.05, 3.63) is 29.6 Å². The van der Waals surface area contributed by atoms with Crippen molar-refractivity contribution in [2.45, 2.75) is 31.8 Å². The molecule has 1 N–H and O–H groups in total. The van der Waals surface area contributed by atoms with Crippen molar-refractivity contribution in [1.29, 1.82) is 5.26 Å². The number of nitrogens with one attached hydrogen (secondary N) is 1. The summed E-state index contributed by atoms with van der Waals surface area (Å²) in [6.07, 6.45) is 4.64. The Kier molecular flexibility index (Phi) is 4.54. The minimum atomic E-state index is -0.476. The zero-order valence-corrected chi connectivity index (χ0v) is 10.3. The van der Waals surface area contributed by atoms with E-state index in [1.165, 1.54) is 12.5 Å². The van der Waals surface area contributed by atoms with Crippen LogP contribution in [0.25, 0.3) is 0 Å². The number of hydrogen-bond acceptors (Lipinski definition) is 3. The molecule has 4 heteroatoms. The molecule has 1 fully saturated rings. The minimum absolute atomic E-state index is 0.0852. The number of benzene rings is 1. The highest BCUT2D eigenvalue weighted by molar-refractivity contribution is 5.57. The van der Waals surface area contributed by atoms with Gasteiger partial charge in [0.2, 0.25) is 0 Å². The summed E-state index contributed by atoms with van der Waals surface area (Å²) in [4.78, 5) is 0. The highest BCUT2D eigenvalue weighted by Gasteiger charge is 2.13. The summed E-state index contributed by atoms with van der Waals surface area (Å²) in [6.45, 7) is 1.54. The van der Waals surface area contributed by atoms with Gasteiger partial charge < -0.3 is 10.1 Å². The third-order valence-electron chi connectivity index (χ3n) is 3.18. The molecule has 0 amide bonds. The van der Waals surface area contributed by atoms with Crippen molar-refractivity contribution in [3.63, 3.8) is 0 Å². The molecule has 1 aromatic rings. The standard InChI is InChI=1S/C14H17FN2O/c15-13-5-3-6-14(12(13)10-16)17-8-7-11-4-1-2-9-18-11/h3,5-6,11,17H,1-2,4,7-9H2. The van der Waals surface area contributed by atoms with Crippen molar-refractivity contribution >= 4 is 5.69 Å². The van der Waals surface area contributed by atoms with E-state index in [0.29, 0.717) is 18.3 Å². The third-order valence-corrected chi connectivity index (χ3v) is 3.18. The van der Waals surface area contributed by atoms with E-state index in [4.69, 9.17) is 10.00 Å². The van der Waals surface area contributed by atoms with Crippen LogP contribution >= 0.6 is 0 Å². The first-order valence-corrected chi connectivity index (χ1v) is 6.35. The number of nitriles is 1. The number of ether oxygens (including phenoxy) is 1. The smallest absolute Gasteiger partial charge is 0.143 e. The fourth-order valence-electron chi connectivity index (χ4n) is 2.19. The van der Waals surface area contributed by atoms with Crippen LogP contribution in [0, 0.1) is 17.1 Å². The highest BCUT2D eigenvalue weighted by Crippen LogP contribution is 2.19. The first-order valence-electron chi connectivity index (χ1n) is 6.35. The van der Waals surface area contributed by atoms with Gasteiger partial charge in [0.15, 0.2) is 0 Å². The van der Waals surface area contributed by atoms with E-state index in [1.807, 2.05) is 6.07 Å². The monoisotopic (exact) mass is 248 g/mol. The summed E-state index contributed by atoms with van der Waals surface area (Å²) in [5.41, 5.74) is 0.648. The van der Waals surface area contributed by atoms with Crippen LogP contribution in [0.4, 0.5) is 10.1 Å². The van der Waals surface area contributed by atoms with Crippen molar-refractivity contribution in [3.8, 4) is 6.07 Å². The second kappa shape index (κ2) is 6.36. The largest absolute Gasteiger partial charge is 0.384 e. The minimum Gasteiger partial charge on any atom is -0.384 e. The first kappa shape index (κ1) is 12.8. The van der Waals surface area contributed by atoms with Crippen molar-refractivity contribution in [2.75, 3.05) is 18.5 Å². The fourth-order valence-corrected chi connectivity index (χ4v) is 2.19. The van der Waals surface area contributed by atoms with E-state index in [9.17, 15) is 4.39 Å². The molecular formula is C14H17FN2O. The van der Waals surface area contributed by atoms with Crippen molar-refractivity contribution < 1.29 is 9.13 Å². The molecule has 1 unspecified atom stereocenters. The van der Waals surface area contributed by atoms with Gasteiger partial charge in [-0.05, 0) is 37.8 Å². The second-order valence-electron chi connectivity index (χ2n) is 4.48. The quantitative estimate of drug-likeness (QED) is 0.890. The van der Waals surface area contributed by atoms with E-state index < -0.39 is 5.82 Å². The summed E-state index contributed by atoms with van der Waals surface area (Å²) >= 11 is 0. The molecule has 96 valence electrons. The molecule has 3 nitrogen and oxygen atoms in total. The average Bonchev–Trinajstić information content (AvgIpc) is 2.40. The van der Waals surface area contributed by atoms with E-state index in [2.05, 4.69) is 5.32 Å².